The van der Waals surface area contributed by atoms with Gasteiger partial charge in [0.25, 0.3) is 0 Å². The van der Waals surface area contributed by atoms with Crippen LogP contribution in [0.15, 0.2) is 39.7 Å². The van der Waals surface area contributed by atoms with Gasteiger partial charge in [-0.15, -0.1) is 0 Å². The molecule has 2 aromatic carbocycles. The monoisotopic (exact) mass is 396 g/mol. The number of carbonyl (C=O) groups is 1. The van der Waals surface area contributed by atoms with Crippen molar-refractivity contribution in [2.75, 3.05) is 0 Å². The molecule has 0 atom stereocenters. The van der Waals surface area contributed by atoms with E-state index in [-0.39, 0.29) is 52.0 Å². The predicted molar refractivity (Wildman–Crippen MR) is 97.2 cm³/mol. The Labute approximate surface area is 161 Å². The van der Waals surface area contributed by atoms with Crippen LogP contribution in [-0.2, 0) is 20.8 Å². The molecule has 4 N–H and O–H groups in total. The summed E-state index contributed by atoms with van der Waals surface area (Å²) in [4.78, 5) is 41.5. The quantitative estimate of drug-likeness (QED) is 0.448. The predicted octanol–water partition coefficient (Wildman–Crippen LogP) is 1.70. The largest absolute Gasteiger partial charge is 0.504 e. The van der Waals surface area contributed by atoms with Crippen molar-refractivity contribution < 1.29 is 39.2 Å². The van der Waals surface area contributed by atoms with Gasteiger partial charge < -0.3 is 24.8 Å². The van der Waals surface area contributed by atoms with Crippen molar-refractivity contribution in [3.8, 4) is 23.0 Å². The van der Waals surface area contributed by atoms with E-state index in [0.717, 1.165) is 18.4 Å². The maximum atomic E-state index is 12.7. The molecular weight excluding hydrogens is 384 g/mol. The summed E-state index contributed by atoms with van der Waals surface area (Å²) >= 11 is 0. The Kier molecular flexibility index (Phi) is 4.91. The van der Waals surface area contributed by atoms with Gasteiger partial charge in [0.05, 0.1) is 10.9 Å². The zero-order chi connectivity index (χ0) is 21.3. The topological polar surface area (TPSA) is 162 Å². The Balaban J connectivity index is 0.000000755. The molecule has 29 heavy (non-hydrogen) atoms. The molecule has 0 spiro atoms. The fourth-order valence-electron chi connectivity index (χ4n) is 3.00. The Bertz CT molecular complexity index is 1280. The molecule has 0 unspecified atom stereocenters. The first-order valence-electron chi connectivity index (χ1n) is 8.03. The molecule has 1 aliphatic rings. The van der Waals surface area contributed by atoms with Gasteiger partial charge in [-0.2, -0.15) is 9.59 Å². The highest BCUT2D eigenvalue weighted by Crippen LogP contribution is 2.35. The lowest BCUT2D eigenvalue weighted by Gasteiger charge is -2.16. The molecule has 0 bridgehead atoms. The molecular formula is C20H12O9. The van der Waals surface area contributed by atoms with Gasteiger partial charge in [0, 0.05) is 18.1 Å². The van der Waals surface area contributed by atoms with Gasteiger partial charge in [-0.3, -0.25) is 9.59 Å². The lowest BCUT2D eigenvalue weighted by molar-refractivity contribution is -0.191. The van der Waals surface area contributed by atoms with E-state index in [1.165, 1.54) is 18.2 Å². The van der Waals surface area contributed by atoms with Crippen LogP contribution in [0.2, 0.25) is 0 Å². The summed E-state index contributed by atoms with van der Waals surface area (Å²) in [7, 11) is 0. The first kappa shape index (κ1) is 19.4. The van der Waals surface area contributed by atoms with Crippen LogP contribution < -0.4 is 5.43 Å². The number of aromatic hydroxyl groups is 4. The van der Waals surface area contributed by atoms with Crippen molar-refractivity contribution in [1.82, 2.24) is 0 Å². The van der Waals surface area contributed by atoms with Gasteiger partial charge >= 0.3 is 6.15 Å². The number of rotatable bonds is 1. The smallest absolute Gasteiger partial charge is 0.373 e. The standard InChI is InChI=1S/C19H12O7.CO2/c20-13-2-9-4-15(22)14(21)3-8(9)1-10(13)12-7-26-18-6-17(24)16(23)5-11(18)19(12)25;2-1-3/h1,3-7,21-24H,2H2;. The molecule has 9 nitrogen and oxygen atoms in total. The zero-order valence-electron chi connectivity index (χ0n) is 14.5. The Hall–Kier alpha value is -4.36. The fourth-order valence-corrected chi connectivity index (χ4v) is 3.00. The lowest BCUT2D eigenvalue weighted by Crippen LogP contribution is -2.17. The third-order valence-corrected chi connectivity index (χ3v) is 4.35. The minimum atomic E-state index is -0.535. The van der Waals surface area contributed by atoms with E-state index >= 15 is 0 Å². The molecule has 1 aliphatic carbocycles. The maximum Gasteiger partial charge on any atom is 0.373 e. The molecule has 0 saturated heterocycles. The molecule has 1 heterocycles. The maximum absolute atomic E-state index is 12.7. The highest BCUT2D eigenvalue weighted by atomic mass is 16.3. The number of carbonyl (C=O) groups excluding carboxylic acids is 3. The third kappa shape index (κ3) is 3.45. The van der Waals surface area contributed by atoms with Crippen molar-refractivity contribution in [2.45, 2.75) is 6.42 Å². The Morgan fingerprint density at radius 2 is 1.45 bits per heavy atom. The molecule has 0 fully saturated rings. The minimum Gasteiger partial charge on any atom is -0.504 e. The van der Waals surface area contributed by atoms with E-state index in [0.29, 0.717) is 11.1 Å². The van der Waals surface area contributed by atoms with E-state index in [2.05, 4.69) is 0 Å². The van der Waals surface area contributed by atoms with Crippen molar-refractivity contribution in [1.29, 1.82) is 0 Å². The average Bonchev–Trinajstić information content (AvgIpc) is 2.66. The zero-order valence-corrected chi connectivity index (χ0v) is 14.5. The number of Topliss-reactive ketones (excluding diaryl/α,β-unsaturated/α-hetero) is 1. The van der Waals surface area contributed by atoms with Gasteiger partial charge in [0.2, 0.25) is 5.43 Å². The van der Waals surface area contributed by atoms with Crippen molar-refractivity contribution in [3.63, 3.8) is 0 Å². The molecule has 9 heteroatoms. The van der Waals surface area contributed by atoms with Crippen LogP contribution in [0.4, 0.5) is 0 Å². The third-order valence-electron chi connectivity index (χ3n) is 4.35. The van der Waals surface area contributed by atoms with Crippen molar-refractivity contribution in [2.24, 2.45) is 0 Å². The van der Waals surface area contributed by atoms with E-state index in [9.17, 15) is 30.0 Å². The summed E-state index contributed by atoms with van der Waals surface area (Å²) in [5.74, 6) is -1.91. The normalized spacial score (nSPS) is 12.4. The second-order valence-corrected chi connectivity index (χ2v) is 6.10. The van der Waals surface area contributed by atoms with Gasteiger partial charge in [0.1, 0.15) is 11.8 Å². The summed E-state index contributed by atoms with van der Waals surface area (Å²) in [5, 5.41) is 38.4. The summed E-state index contributed by atoms with van der Waals surface area (Å²) in [6, 6.07) is 4.80. The number of hydrogen-bond acceptors (Lipinski definition) is 9. The Morgan fingerprint density at radius 3 is 2.14 bits per heavy atom. The second-order valence-electron chi connectivity index (χ2n) is 6.10. The number of ketones is 1. The number of allylic oxidation sites excluding steroid dienone is 1. The summed E-state index contributed by atoms with van der Waals surface area (Å²) in [6.45, 7) is 0. The van der Waals surface area contributed by atoms with Crippen LogP contribution in [0, 0.1) is 0 Å². The number of benzene rings is 2. The highest BCUT2D eigenvalue weighted by molar-refractivity contribution is 6.27. The van der Waals surface area contributed by atoms with Crippen molar-refractivity contribution >= 4 is 34.6 Å². The van der Waals surface area contributed by atoms with Gasteiger partial charge in [-0.1, -0.05) is 0 Å². The first-order chi connectivity index (χ1) is 13.8. The number of hydrogen-bond donors (Lipinski definition) is 4. The first-order valence-corrected chi connectivity index (χ1v) is 8.03. The molecule has 0 aliphatic heterocycles. The molecule has 3 aromatic rings. The van der Waals surface area contributed by atoms with Crippen LogP contribution in [0.5, 0.6) is 23.0 Å². The van der Waals surface area contributed by atoms with E-state index in [4.69, 9.17) is 14.0 Å². The van der Waals surface area contributed by atoms with Crippen LogP contribution in [0.25, 0.3) is 22.6 Å². The van der Waals surface area contributed by atoms with Gasteiger partial charge in [-0.25, -0.2) is 0 Å². The summed E-state index contributed by atoms with van der Waals surface area (Å²) in [6.07, 6.45) is 2.77. The number of phenolic OH excluding ortho intramolecular Hbond substituents is 4. The van der Waals surface area contributed by atoms with Crippen LogP contribution >= 0.6 is 0 Å². The van der Waals surface area contributed by atoms with Crippen LogP contribution in [-0.4, -0.2) is 32.4 Å². The van der Waals surface area contributed by atoms with E-state index in [1.54, 1.807) is 0 Å². The molecule has 0 radical (unpaired) electrons. The minimum absolute atomic E-state index is 0.00537. The van der Waals surface area contributed by atoms with Crippen LogP contribution in [0.3, 0.4) is 0 Å². The van der Waals surface area contributed by atoms with Crippen LogP contribution in [0.1, 0.15) is 16.7 Å². The summed E-state index contributed by atoms with van der Waals surface area (Å²) < 4.78 is 5.34. The molecule has 0 amide bonds. The molecule has 146 valence electrons. The summed E-state index contributed by atoms with van der Waals surface area (Å²) in [5.41, 5.74) is 0.676. The SMILES string of the molecule is O=C1Cc2cc(O)c(O)cc2C=C1c1coc2cc(O)c(O)cc2c1=O.O=C=O. The van der Waals surface area contributed by atoms with E-state index < -0.39 is 16.9 Å². The number of phenols is 4. The molecule has 1 aromatic heterocycles. The van der Waals surface area contributed by atoms with Gasteiger partial charge in [-0.05, 0) is 35.4 Å². The molecule has 0 saturated carbocycles. The molecule has 4 rings (SSSR count). The van der Waals surface area contributed by atoms with Gasteiger partial charge in [0.15, 0.2) is 28.8 Å². The Morgan fingerprint density at radius 1 is 0.862 bits per heavy atom. The van der Waals surface area contributed by atoms with Crippen molar-refractivity contribution in [3.05, 3.63) is 57.4 Å². The fraction of sp³-hybridized carbons (Fsp3) is 0.0500. The highest BCUT2D eigenvalue weighted by Gasteiger charge is 2.24. The lowest BCUT2D eigenvalue weighted by atomic mass is 9.87. The second kappa shape index (κ2) is 7.34. The number of fused-ring (bicyclic) bond motifs is 2. The van der Waals surface area contributed by atoms with E-state index in [1.807, 2.05) is 0 Å². The average molecular weight is 396 g/mol.